The van der Waals surface area contributed by atoms with Gasteiger partial charge in [0.2, 0.25) is 10.0 Å². The number of sulfonamides is 1. The summed E-state index contributed by atoms with van der Waals surface area (Å²) in [5, 5.41) is 10.2. The number of aromatic amines is 1. The van der Waals surface area contributed by atoms with E-state index in [2.05, 4.69) is 16.0 Å². The zero-order chi connectivity index (χ0) is 20.0. The summed E-state index contributed by atoms with van der Waals surface area (Å²) in [5.74, 6) is 0. The molecule has 0 amide bonds. The van der Waals surface area contributed by atoms with Gasteiger partial charge in [-0.2, -0.15) is 9.57 Å². The molecule has 0 saturated carbocycles. The first-order valence-electron chi connectivity index (χ1n) is 9.99. The van der Waals surface area contributed by atoms with Crippen LogP contribution in [-0.2, 0) is 10.0 Å². The van der Waals surface area contributed by atoms with E-state index in [9.17, 15) is 13.7 Å². The van der Waals surface area contributed by atoms with Gasteiger partial charge in [-0.05, 0) is 55.7 Å². The van der Waals surface area contributed by atoms with E-state index in [4.69, 9.17) is 0 Å². The van der Waals surface area contributed by atoms with Gasteiger partial charge in [0, 0.05) is 54.0 Å². The number of fused-ring (bicyclic) bond motifs is 1. The third kappa shape index (κ3) is 3.09. The van der Waals surface area contributed by atoms with Crippen molar-refractivity contribution < 1.29 is 8.42 Å². The Morgan fingerprint density at radius 1 is 0.931 bits per heavy atom. The molecule has 0 atom stereocenters. The molecular formula is C22H22N4O2S. The van der Waals surface area contributed by atoms with Crippen LogP contribution in [-0.4, -0.2) is 43.9 Å². The predicted molar refractivity (Wildman–Crippen MR) is 113 cm³/mol. The smallest absolute Gasteiger partial charge is 0.243 e. The third-order valence-corrected chi connectivity index (χ3v) is 7.80. The molecule has 0 spiro atoms. The molecular weight excluding hydrogens is 384 g/mol. The lowest BCUT2D eigenvalue weighted by Crippen LogP contribution is -2.41. The lowest BCUT2D eigenvalue weighted by Gasteiger charge is -2.30. The molecule has 0 aliphatic carbocycles. The van der Waals surface area contributed by atoms with Gasteiger partial charge in [-0.25, -0.2) is 8.42 Å². The molecule has 2 aliphatic rings. The second-order valence-electron chi connectivity index (χ2n) is 7.73. The van der Waals surface area contributed by atoms with Gasteiger partial charge in [0.15, 0.2) is 0 Å². The second-order valence-corrected chi connectivity index (χ2v) is 9.67. The Morgan fingerprint density at radius 2 is 1.72 bits per heavy atom. The molecule has 0 unspecified atom stereocenters. The van der Waals surface area contributed by atoms with Crippen LogP contribution >= 0.6 is 0 Å². The van der Waals surface area contributed by atoms with Gasteiger partial charge in [-0.1, -0.05) is 6.07 Å². The summed E-state index contributed by atoms with van der Waals surface area (Å²) in [6, 6.07) is 15.2. The Labute approximate surface area is 170 Å². The normalized spacial score (nSPS) is 17.4. The number of anilines is 1. The van der Waals surface area contributed by atoms with Crippen LogP contribution in [0, 0.1) is 11.3 Å². The van der Waals surface area contributed by atoms with Crippen molar-refractivity contribution >= 4 is 26.6 Å². The van der Waals surface area contributed by atoms with Gasteiger partial charge in [-0.15, -0.1) is 0 Å². The lowest BCUT2D eigenvalue weighted by molar-refractivity contribution is 0.309. The van der Waals surface area contributed by atoms with E-state index in [1.165, 1.54) is 4.31 Å². The average molecular weight is 407 g/mol. The minimum Gasteiger partial charge on any atom is -0.371 e. The first-order chi connectivity index (χ1) is 14.1. The molecule has 148 valence electrons. The summed E-state index contributed by atoms with van der Waals surface area (Å²) in [5.41, 5.74) is 4.29. The van der Waals surface area contributed by atoms with Crippen LogP contribution in [0.5, 0.6) is 0 Å². The summed E-state index contributed by atoms with van der Waals surface area (Å²) >= 11 is 0. The molecule has 3 aromatic rings. The maximum absolute atomic E-state index is 13.0. The largest absolute Gasteiger partial charge is 0.371 e. The van der Waals surface area contributed by atoms with Crippen molar-refractivity contribution in [1.29, 1.82) is 5.26 Å². The highest BCUT2D eigenvalue weighted by Crippen LogP contribution is 2.37. The quantitative estimate of drug-likeness (QED) is 0.716. The highest BCUT2D eigenvalue weighted by atomic mass is 32.2. The standard InChI is InChI=1S/C22H22N4O2S/c23-15-16-4-5-17-13-21(24-20(17)12-16)19-14-18(29(27,28)26-10-3-11-26)6-7-22(19)25-8-1-2-9-25/h4-7,12-14,24H,1-3,8-11H2. The number of aromatic nitrogens is 1. The number of nitriles is 1. The summed E-state index contributed by atoms with van der Waals surface area (Å²) in [6.07, 6.45) is 3.21. The Bertz CT molecular complexity index is 1230. The Balaban J connectivity index is 1.66. The maximum atomic E-state index is 13.0. The molecule has 0 radical (unpaired) electrons. The van der Waals surface area contributed by atoms with Crippen molar-refractivity contribution in [1.82, 2.24) is 9.29 Å². The summed E-state index contributed by atoms with van der Waals surface area (Å²) in [6.45, 7) is 3.14. The SMILES string of the molecule is N#Cc1ccc2cc(-c3cc(S(=O)(=O)N4CCC4)ccc3N3CCCC3)[nH]c2c1. The van der Waals surface area contributed by atoms with Crippen molar-refractivity contribution in [3.63, 3.8) is 0 Å². The molecule has 3 heterocycles. The lowest BCUT2D eigenvalue weighted by atomic mass is 10.1. The number of hydrogen-bond acceptors (Lipinski definition) is 4. The minimum atomic E-state index is -3.46. The summed E-state index contributed by atoms with van der Waals surface area (Å²) < 4.78 is 27.4. The zero-order valence-corrected chi connectivity index (χ0v) is 16.9. The van der Waals surface area contributed by atoms with Gasteiger partial charge < -0.3 is 9.88 Å². The van der Waals surface area contributed by atoms with Gasteiger partial charge >= 0.3 is 0 Å². The Kier molecular flexibility index (Phi) is 4.34. The average Bonchev–Trinajstić information content (AvgIpc) is 3.34. The zero-order valence-electron chi connectivity index (χ0n) is 16.1. The van der Waals surface area contributed by atoms with Gasteiger partial charge in [0.05, 0.1) is 16.5 Å². The summed E-state index contributed by atoms with van der Waals surface area (Å²) in [7, 11) is -3.46. The van der Waals surface area contributed by atoms with Gasteiger partial charge in [0.25, 0.3) is 0 Å². The fraction of sp³-hybridized carbons (Fsp3) is 0.318. The summed E-state index contributed by atoms with van der Waals surface area (Å²) in [4.78, 5) is 6.06. The van der Waals surface area contributed by atoms with E-state index in [0.717, 1.165) is 60.2 Å². The highest BCUT2D eigenvalue weighted by molar-refractivity contribution is 7.89. The maximum Gasteiger partial charge on any atom is 0.243 e. The fourth-order valence-corrected chi connectivity index (χ4v) is 5.69. The molecule has 6 nitrogen and oxygen atoms in total. The van der Waals surface area contributed by atoms with Crippen LogP contribution in [0.25, 0.3) is 22.2 Å². The molecule has 1 aromatic heterocycles. The van der Waals surface area contributed by atoms with Crippen LogP contribution in [0.2, 0.25) is 0 Å². The van der Waals surface area contributed by atoms with E-state index in [1.54, 1.807) is 18.2 Å². The van der Waals surface area contributed by atoms with Crippen LogP contribution in [0.1, 0.15) is 24.8 Å². The molecule has 1 N–H and O–H groups in total. The van der Waals surface area contributed by atoms with Crippen molar-refractivity contribution in [3.05, 3.63) is 48.0 Å². The molecule has 2 saturated heterocycles. The first kappa shape index (κ1) is 18.2. The van der Waals surface area contributed by atoms with Gasteiger partial charge in [0.1, 0.15) is 0 Å². The van der Waals surface area contributed by atoms with Crippen LogP contribution in [0.3, 0.4) is 0 Å². The number of nitrogens with zero attached hydrogens (tertiary/aromatic N) is 3. The van der Waals surface area contributed by atoms with Crippen molar-refractivity contribution in [2.24, 2.45) is 0 Å². The monoisotopic (exact) mass is 406 g/mol. The molecule has 29 heavy (non-hydrogen) atoms. The molecule has 2 aromatic carbocycles. The van der Waals surface area contributed by atoms with Crippen LogP contribution in [0.15, 0.2) is 47.4 Å². The van der Waals surface area contributed by atoms with Gasteiger partial charge in [-0.3, -0.25) is 0 Å². The number of benzene rings is 2. The topological polar surface area (TPSA) is 80.2 Å². The molecule has 7 heteroatoms. The van der Waals surface area contributed by atoms with E-state index < -0.39 is 10.0 Å². The molecule has 2 fully saturated rings. The number of hydrogen-bond donors (Lipinski definition) is 1. The number of nitrogens with one attached hydrogen (secondary N) is 1. The van der Waals surface area contributed by atoms with Crippen molar-refractivity contribution in [3.8, 4) is 17.3 Å². The first-order valence-corrected chi connectivity index (χ1v) is 11.4. The van der Waals surface area contributed by atoms with E-state index in [0.29, 0.717) is 23.5 Å². The number of H-pyrrole nitrogens is 1. The van der Waals surface area contributed by atoms with Crippen LogP contribution in [0.4, 0.5) is 5.69 Å². The second kappa shape index (κ2) is 6.90. The highest BCUT2D eigenvalue weighted by Gasteiger charge is 2.30. The molecule has 2 aliphatic heterocycles. The Hall–Kier alpha value is -2.82. The van der Waals surface area contributed by atoms with Crippen molar-refractivity contribution in [2.45, 2.75) is 24.2 Å². The predicted octanol–water partition coefficient (Wildman–Crippen LogP) is 3.70. The molecule has 0 bridgehead atoms. The van der Waals surface area contributed by atoms with E-state index in [-0.39, 0.29) is 0 Å². The van der Waals surface area contributed by atoms with E-state index in [1.807, 2.05) is 24.3 Å². The molecule has 5 rings (SSSR count). The third-order valence-electron chi connectivity index (χ3n) is 5.91. The minimum absolute atomic E-state index is 0.339. The number of rotatable bonds is 4. The fourth-order valence-electron chi connectivity index (χ4n) is 4.14. The Morgan fingerprint density at radius 3 is 2.41 bits per heavy atom. The van der Waals surface area contributed by atoms with Crippen molar-refractivity contribution in [2.75, 3.05) is 31.1 Å². The van der Waals surface area contributed by atoms with Crippen LogP contribution < -0.4 is 4.90 Å². The van der Waals surface area contributed by atoms with E-state index >= 15 is 0 Å².